The summed E-state index contributed by atoms with van der Waals surface area (Å²) >= 11 is 0. The molecule has 0 bridgehead atoms. The van der Waals surface area contributed by atoms with E-state index in [0.29, 0.717) is 19.3 Å². The first-order chi connectivity index (χ1) is 8.83. The highest BCUT2D eigenvalue weighted by atomic mass is 16.5. The fraction of sp³-hybridized carbons (Fsp3) is 0.846. The maximum atomic E-state index is 6.01. The van der Waals surface area contributed by atoms with Gasteiger partial charge in [0, 0.05) is 12.7 Å². The first kappa shape index (κ1) is 13.5. The predicted octanol–water partition coefficient (Wildman–Crippen LogP) is 1.72. The molecular formula is C13H24N4O. The summed E-state index contributed by atoms with van der Waals surface area (Å²) in [4.78, 5) is 0. The largest absolute Gasteiger partial charge is 0.376 e. The van der Waals surface area contributed by atoms with Crippen molar-refractivity contribution in [1.29, 1.82) is 0 Å². The van der Waals surface area contributed by atoms with Crippen LogP contribution < -0.4 is 5.73 Å². The molecule has 0 radical (unpaired) electrons. The van der Waals surface area contributed by atoms with Gasteiger partial charge in [-0.05, 0) is 18.8 Å². The molecule has 2 N–H and O–H groups in total. The van der Waals surface area contributed by atoms with E-state index in [-0.39, 0.29) is 0 Å². The molecule has 1 aliphatic carbocycles. The van der Waals surface area contributed by atoms with Crippen molar-refractivity contribution >= 4 is 0 Å². The fourth-order valence-corrected chi connectivity index (χ4v) is 2.70. The molecule has 102 valence electrons. The monoisotopic (exact) mass is 252 g/mol. The van der Waals surface area contributed by atoms with Gasteiger partial charge in [-0.3, -0.25) is 0 Å². The zero-order valence-electron chi connectivity index (χ0n) is 11.2. The Morgan fingerprint density at radius 2 is 2.28 bits per heavy atom. The molecule has 5 heteroatoms. The molecule has 1 saturated carbocycles. The van der Waals surface area contributed by atoms with E-state index < -0.39 is 0 Å². The van der Waals surface area contributed by atoms with E-state index in [4.69, 9.17) is 10.5 Å². The van der Waals surface area contributed by atoms with Crippen molar-refractivity contribution in [3.8, 4) is 0 Å². The molecule has 1 aromatic heterocycles. The van der Waals surface area contributed by atoms with E-state index in [9.17, 15) is 0 Å². The molecule has 1 fully saturated rings. The van der Waals surface area contributed by atoms with Crippen molar-refractivity contribution < 1.29 is 4.74 Å². The smallest absolute Gasteiger partial charge is 0.0962 e. The molecule has 2 unspecified atom stereocenters. The van der Waals surface area contributed by atoms with Crippen LogP contribution in [0.4, 0.5) is 0 Å². The Morgan fingerprint density at radius 3 is 3.00 bits per heavy atom. The number of nitrogens with zero attached hydrogens (tertiary/aromatic N) is 3. The van der Waals surface area contributed by atoms with Gasteiger partial charge in [-0.15, -0.1) is 5.10 Å². The fourth-order valence-electron chi connectivity index (χ4n) is 2.70. The second kappa shape index (κ2) is 6.85. The highest BCUT2D eigenvalue weighted by Crippen LogP contribution is 2.28. The van der Waals surface area contributed by atoms with Crippen LogP contribution in [0.15, 0.2) is 6.20 Å². The summed E-state index contributed by atoms with van der Waals surface area (Å²) in [7, 11) is 0. The Kier molecular flexibility index (Phi) is 5.13. The summed E-state index contributed by atoms with van der Waals surface area (Å²) in [6.45, 7) is 4.19. The third-order valence-electron chi connectivity index (χ3n) is 3.81. The number of nitrogens with two attached hydrogens (primary N) is 1. The summed E-state index contributed by atoms with van der Waals surface area (Å²) < 4.78 is 7.82. The minimum Gasteiger partial charge on any atom is -0.376 e. The average molecular weight is 252 g/mol. The van der Waals surface area contributed by atoms with Crippen LogP contribution in [0, 0.1) is 5.92 Å². The van der Waals surface area contributed by atoms with Crippen LogP contribution in [0.3, 0.4) is 0 Å². The second-order valence-electron chi connectivity index (χ2n) is 5.04. The standard InChI is InChI=1S/C13H24N4O/c1-2-11-5-3-4-6-13(11)18-8-7-17-10-12(9-14)15-16-17/h10-11,13H,2-9,14H2,1H3. The van der Waals surface area contributed by atoms with Crippen LogP contribution in [0.2, 0.25) is 0 Å². The number of hydrogen-bond donors (Lipinski definition) is 1. The third kappa shape index (κ3) is 3.53. The molecule has 5 nitrogen and oxygen atoms in total. The maximum Gasteiger partial charge on any atom is 0.0962 e. The average Bonchev–Trinajstić information content (AvgIpc) is 2.87. The summed E-state index contributed by atoms with van der Waals surface area (Å²) in [5.74, 6) is 0.745. The molecule has 0 aliphatic heterocycles. The Balaban J connectivity index is 1.73. The van der Waals surface area contributed by atoms with E-state index in [2.05, 4.69) is 17.2 Å². The summed E-state index contributed by atoms with van der Waals surface area (Å²) in [5, 5.41) is 7.98. The van der Waals surface area contributed by atoms with Gasteiger partial charge < -0.3 is 10.5 Å². The molecule has 2 rings (SSSR count). The lowest BCUT2D eigenvalue weighted by Crippen LogP contribution is -2.28. The van der Waals surface area contributed by atoms with E-state index in [0.717, 1.165) is 18.2 Å². The van der Waals surface area contributed by atoms with Gasteiger partial charge in [0.25, 0.3) is 0 Å². The van der Waals surface area contributed by atoms with Crippen LogP contribution in [-0.4, -0.2) is 27.7 Å². The van der Waals surface area contributed by atoms with E-state index in [1.165, 1.54) is 32.1 Å². The van der Waals surface area contributed by atoms with Crippen molar-refractivity contribution in [3.63, 3.8) is 0 Å². The SMILES string of the molecule is CCC1CCCCC1OCCn1cc(CN)nn1. The van der Waals surface area contributed by atoms with Crippen LogP contribution in [0.1, 0.15) is 44.7 Å². The molecule has 0 aromatic carbocycles. The van der Waals surface area contributed by atoms with Gasteiger partial charge >= 0.3 is 0 Å². The molecule has 0 saturated heterocycles. The second-order valence-corrected chi connectivity index (χ2v) is 5.04. The minimum absolute atomic E-state index is 0.446. The highest BCUT2D eigenvalue weighted by Gasteiger charge is 2.23. The van der Waals surface area contributed by atoms with Crippen molar-refractivity contribution in [1.82, 2.24) is 15.0 Å². The molecule has 0 amide bonds. The zero-order chi connectivity index (χ0) is 12.8. The number of hydrogen-bond acceptors (Lipinski definition) is 4. The Labute approximate surface area is 109 Å². The lowest BCUT2D eigenvalue weighted by Gasteiger charge is -2.30. The van der Waals surface area contributed by atoms with Gasteiger partial charge in [0.15, 0.2) is 0 Å². The van der Waals surface area contributed by atoms with Gasteiger partial charge in [-0.25, -0.2) is 4.68 Å². The Bertz CT molecular complexity index is 353. The number of rotatable bonds is 6. The van der Waals surface area contributed by atoms with E-state index in [1.807, 2.05) is 10.9 Å². The first-order valence-electron chi connectivity index (χ1n) is 7.04. The Morgan fingerprint density at radius 1 is 1.44 bits per heavy atom. The van der Waals surface area contributed by atoms with Crippen molar-refractivity contribution in [2.45, 2.75) is 58.2 Å². The summed E-state index contributed by atoms with van der Waals surface area (Å²) in [6.07, 6.45) is 8.77. The number of aromatic nitrogens is 3. The van der Waals surface area contributed by atoms with Crippen molar-refractivity contribution in [2.75, 3.05) is 6.61 Å². The highest BCUT2D eigenvalue weighted by molar-refractivity contribution is 4.90. The zero-order valence-corrected chi connectivity index (χ0v) is 11.2. The first-order valence-corrected chi connectivity index (χ1v) is 7.04. The normalized spacial score (nSPS) is 24.3. The lowest BCUT2D eigenvalue weighted by atomic mass is 9.85. The summed E-state index contributed by atoms with van der Waals surface area (Å²) in [5.41, 5.74) is 6.33. The molecule has 2 atom stereocenters. The van der Waals surface area contributed by atoms with Crippen molar-refractivity contribution in [3.05, 3.63) is 11.9 Å². The topological polar surface area (TPSA) is 66.0 Å². The minimum atomic E-state index is 0.446. The molecule has 1 heterocycles. The Hall–Kier alpha value is -0.940. The molecule has 18 heavy (non-hydrogen) atoms. The van der Waals surface area contributed by atoms with Gasteiger partial charge in [-0.2, -0.15) is 0 Å². The molecule has 1 aromatic rings. The van der Waals surface area contributed by atoms with E-state index in [1.54, 1.807) is 0 Å². The van der Waals surface area contributed by atoms with Crippen molar-refractivity contribution in [2.24, 2.45) is 11.7 Å². The van der Waals surface area contributed by atoms with Gasteiger partial charge in [-0.1, -0.05) is 31.4 Å². The molecule has 1 aliphatic rings. The third-order valence-corrected chi connectivity index (χ3v) is 3.81. The van der Waals surface area contributed by atoms with Gasteiger partial charge in [0.05, 0.1) is 24.9 Å². The van der Waals surface area contributed by atoms with Crippen LogP contribution in [0.25, 0.3) is 0 Å². The number of ether oxygens (including phenoxy) is 1. The molecular weight excluding hydrogens is 228 g/mol. The predicted molar refractivity (Wildman–Crippen MR) is 69.9 cm³/mol. The van der Waals surface area contributed by atoms with Gasteiger partial charge in [0.1, 0.15) is 0 Å². The quantitative estimate of drug-likeness (QED) is 0.837. The van der Waals surface area contributed by atoms with E-state index >= 15 is 0 Å². The van der Waals surface area contributed by atoms with Gasteiger partial charge in [0.2, 0.25) is 0 Å². The van der Waals surface area contributed by atoms with Crippen LogP contribution in [-0.2, 0) is 17.8 Å². The lowest BCUT2D eigenvalue weighted by molar-refractivity contribution is -0.0162. The molecule has 0 spiro atoms. The van der Waals surface area contributed by atoms with Crippen LogP contribution >= 0.6 is 0 Å². The summed E-state index contributed by atoms with van der Waals surface area (Å²) in [6, 6.07) is 0. The maximum absolute atomic E-state index is 6.01. The van der Waals surface area contributed by atoms with Crippen LogP contribution in [0.5, 0.6) is 0 Å².